The number of hydrogen-bond acceptors (Lipinski definition) is 3. The zero-order chi connectivity index (χ0) is 16.9. The number of para-hydroxylation sites is 1. The molecule has 2 aromatic rings. The summed E-state index contributed by atoms with van der Waals surface area (Å²) < 4.78 is 6.04. The van der Waals surface area contributed by atoms with E-state index in [1.165, 1.54) is 22.4 Å². The molecular weight excluding hydrogens is 296 g/mol. The van der Waals surface area contributed by atoms with Crippen molar-refractivity contribution in [2.24, 2.45) is 0 Å². The Hall–Kier alpha value is -2.00. The number of nitrogens with zero attached hydrogens (tertiary/aromatic N) is 2. The Labute approximate surface area is 145 Å². The lowest BCUT2D eigenvalue weighted by atomic mass is 10.1. The van der Waals surface area contributed by atoms with Gasteiger partial charge in [0.25, 0.3) is 0 Å². The topological polar surface area (TPSA) is 15.7 Å². The first-order valence-electron chi connectivity index (χ1n) is 8.86. The van der Waals surface area contributed by atoms with Gasteiger partial charge in [-0.05, 0) is 49.6 Å². The summed E-state index contributed by atoms with van der Waals surface area (Å²) in [5.74, 6) is 1.05. The summed E-state index contributed by atoms with van der Waals surface area (Å²) in [7, 11) is 0. The number of rotatable bonds is 5. The Morgan fingerprint density at radius 1 is 0.875 bits per heavy atom. The molecule has 0 N–H and O–H groups in total. The van der Waals surface area contributed by atoms with Crippen LogP contribution in [0.3, 0.4) is 0 Å². The maximum atomic E-state index is 6.04. The minimum absolute atomic E-state index is 0.760. The fourth-order valence-electron chi connectivity index (χ4n) is 3.36. The number of aryl methyl sites for hydroxylation is 3. The highest BCUT2D eigenvalue weighted by atomic mass is 16.5. The molecule has 0 aliphatic carbocycles. The first kappa shape index (κ1) is 16.8. The average Bonchev–Trinajstić information content (AvgIpc) is 2.58. The SMILES string of the molecule is Cc1cccc(N2CCN(CCOc3c(C)cccc3C)CC2)c1. The lowest BCUT2D eigenvalue weighted by molar-refractivity contribution is 0.199. The Kier molecular flexibility index (Phi) is 5.41. The van der Waals surface area contributed by atoms with Crippen LogP contribution >= 0.6 is 0 Å². The van der Waals surface area contributed by atoms with Gasteiger partial charge in [-0.15, -0.1) is 0 Å². The number of hydrogen-bond donors (Lipinski definition) is 0. The molecule has 3 rings (SSSR count). The normalized spacial score (nSPS) is 15.5. The summed E-state index contributed by atoms with van der Waals surface area (Å²) in [6.07, 6.45) is 0. The molecule has 24 heavy (non-hydrogen) atoms. The van der Waals surface area contributed by atoms with Gasteiger partial charge in [-0.2, -0.15) is 0 Å². The van der Waals surface area contributed by atoms with Gasteiger partial charge in [0.15, 0.2) is 0 Å². The maximum Gasteiger partial charge on any atom is 0.125 e. The van der Waals surface area contributed by atoms with Crippen molar-refractivity contribution >= 4 is 5.69 Å². The summed E-state index contributed by atoms with van der Waals surface area (Å²) in [4.78, 5) is 4.98. The molecule has 0 spiro atoms. The summed E-state index contributed by atoms with van der Waals surface area (Å²) >= 11 is 0. The smallest absolute Gasteiger partial charge is 0.125 e. The quantitative estimate of drug-likeness (QED) is 0.832. The van der Waals surface area contributed by atoms with Gasteiger partial charge in [0.1, 0.15) is 12.4 Å². The number of anilines is 1. The second-order valence-electron chi connectivity index (χ2n) is 6.74. The lowest BCUT2D eigenvalue weighted by Crippen LogP contribution is -2.47. The monoisotopic (exact) mass is 324 g/mol. The summed E-state index contributed by atoms with van der Waals surface area (Å²) in [6.45, 7) is 12.5. The van der Waals surface area contributed by atoms with Crippen molar-refractivity contribution in [1.82, 2.24) is 4.90 Å². The maximum absolute atomic E-state index is 6.04. The van der Waals surface area contributed by atoms with Gasteiger partial charge in [-0.25, -0.2) is 0 Å². The fraction of sp³-hybridized carbons (Fsp3) is 0.429. The second kappa shape index (κ2) is 7.71. The molecule has 1 heterocycles. The molecule has 0 atom stereocenters. The zero-order valence-electron chi connectivity index (χ0n) is 15.1. The number of piperazine rings is 1. The van der Waals surface area contributed by atoms with Crippen LogP contribution in [0.5, 0.6) is 5.75 Å². The molecule has 0 saturated carbocycles. The van der Waals surface area contributed by atoms with Gasteiger partial charge in [0.05, 0.1) is 0 Å². The van der Waals surface area contributed by atoms with Crippen LogP contribution in [0.25, 0.3) is 0 Å². The van der Waals surface area contributed by atoms with Gasteiger partial charge in [-0.3, -0.25) is 4.90 Å². The van der Waals surface area contributed by atoms with Crippen LogP contribution < -0.4 is 9.64 Å². The van der Waals surface area contributed by atoms with E-state index in [1.54, 1.807) is 0 Å². The highest BCUT2D eigenvalue weighted by molar-refractivity contribution is 5.48. The van der Waals surface area contributed by atoms with Crippen molar-refractivity contribution in [3.05, 3.63) is 59.2 Å². The Bertz CT molecular complexity index is 655. The van der Waals surface area contributed by atoms with Gasteiger partial charge >= 0.3 is 0 Å². The molecule has 1 aliphatic rings. The molecule has 3 nitrogen and oxygen atoms in total. The average molecular weight is 324 g/mol. The largest absolute Gasteiger partial charge is 0.492 e. The molecule has 1 fully saturated rings. The van der Waals surface area contributed by atoms with E-state index in [1.807, 2.05) is 0 Å². The minimum Gasteiger partial charge on any atom is -0.492 e. The fourth-order valence-corrected chi connectivity index (χ4v) is 3.36. The Balaban J connectivity index is 1.46. The molecule has 1 aliphatic heterocycles. The standard InChI is InChI=1S/C21H28N2O/c1-17-6-4-9-20(16-17)23-12-10-22(11-13-23)14-15-24-21-18(2)7-5-8-19(21)3/h4-9,16H,10-15H2,1-3H3. The first-order valence-corrected chi connectivity index (χ1v) is 8.86. The van der Waals surface area contributed by atoms with Crippen LogP contribution in [-0.4, -0.2) is 44.2 Å². The van der Waals surface area contributed by atoms with Crippen LogP contribution in [0, 0.1) is 20.8 Å². The van der Waals surface area contributed by atoms with Gasteiger partial charge in [0.2, 0.25) is 0 Å². The molecule has 0 radical (unpaired) electrons. The minimum atomic E-state index is 0.760. The highest BCUT2D eigenvalue weighted by Gasteiger charge is 2.17. The van der Waals surface area contributed by atoms with E-state index in [0.717, 1.165) is 45.1 Å². The van der Waals surface area contributed by atoms with Crippen molar-refractivity contribution in [1.29, 1.82) is 0 Å². The van der Waals surface area contributed by atoms with E-state index in [2.05, 4.69) is 73.0 Å². The van der Waals surface area contributed by atoms with E-state index >= 15 is 0 Å². The number of benzene rings is 2. The molecule has 3 heteroatoms. The molecule has 2 aromatic carbocycles. The summed E-state index contributed by atoms with van der Waals surface area (Å²) in [5.41, 5.74) is 5.12. The zero-order valence-corrected chi connectivity index (χ0v) is 15.1. The number of ether oxygens (including phenoxy) is 1. The van der Waals surface area contributed by atoms with Crippen LogP contribution in [0.4, 0.5) is 5.69 Å². The third-order valence-corrected chi connectivity index (χ3v) is 4.80. The third-order valence-electron chi connectivity index (χ3n) is 4.80. The van der Waals surface area contributed by atoms with Crippen molar-refractivity contribution in [2.45, 2.75) is 20.8 Å². The van der Waals surface area contributed by atoms with E-state index in [0.29, 0.717) is 0 Å². The van der Waals surface area contributed by atoms with E-state index < -0.39 is 0 Å². The first-order chi connectivity index (χ1) is 11.6. The second-order valence-corrected chi connectivity index (χ2v) is 6.74. The predicted octanol–water partition coefficient (Wildman–Crippen LogP) is 3.81. The van der Waals surface area contributed by atoms with Crippen molar-refractivity contribution in [3.8, 4) is 5.75 Å². The highest BCUT2D eigenvalue weighted by Crippen LogP contribution is 2.22. The van der Waals surface area contributed by atoms with Crippen molar-refractivity contribution in [2.75, 3.05) is 44.2 Å². The summed E-state index contributed by atoms with van der Waals surface area (Å²) in [6, 6.07) is 15.1. The molecule has 128 valence electrons. The van der Waals surface area contributed by atoms with Gasteiger partial charge in [0, 0.05) is 38.4 Å². The molecule has 1 saturated heterocycles. The van der Waals surface area contributed by atoms with E-state index in [4.69, 9.17) is 4.74 Å². The van der Waals surface area contributed by atoms with E-state index in [9.17, 15) is 0 Å². The van der Waals surface area contributed by atoms with Crippen molar-refractivity contribution in [3.63, 3.8) is 0 Å². The Morgan fingerprint density at radius 3 is 2.21 bits per heavy atom. The third kappa shape index (κ3) is 4.09. The summed E-state index contributed by atoms with van der Waals surface area (Å²) in [5, 5.41) is 0. The molecule has 0 amide bonds. The predicted molar refractivity (Wildman–Crippen MR) is 101 cm³/mol. The van der Waals surface area contributed by atoms with Gasteiger partial charge < -0.3 is 9.64 Å². The molecule has 0 bridgehead atoms. The van der Waals surface area contributed by atoms with Crippen LogP contribution in [-0.2, 0) is 0 Å². The van der Waals surface area contributed by atoms with Gasteiger partial charge in [-0.1, -0.05) is 30.3 Å². The van der Waals surface area contributed by atoms with E-state index in [-0.39, 0.29) is 0 Å². The molecule has 0 aromatic heterocycles. The van der Waals surface area contributed by atoms with Crippen LogP contribution in [0.1, 0.15) is 16.7 Å². The molecule has 0 unspecified atom stereocenters. The Morgan fingerprint density at radius 2 is 1.54 bits per heavy atom. The van der Waals surface area contributed by atoms with Crippen LogP contribution in [0.15, 0.2) is 42.5 Å². The molecular formula is C21H28N2O. The van der Waals surface area contributed by atoms with Crippen molar-refractivity contribution < 1.29 is 4.74 Å². The lowest BCUT2D eigenvalue weighted by Gasteiger charge is -2.36. The van der Waals surface area contributed by atoms with Crippen LogP contribution in [0.2, 0.25) is 0 Å².